The Kier molecular flexibility index (Phi) is 7.18. The number of ether oxygens (including phenoxy) is 4. The van der Waals surface area contributed by atoms with Gasteiger partial charge in [-0.25, -0.2) is 0 Å². The minimum atomic E-state index is 0.377. The van der Waals surface area contributed by atoms with Gasteiger partial charge in [0.2, 0.25) is 0 Å². The Morgan fingerprint density at radius 2 is 1.72 bits per heavy atom. The Balaban J connectivity index is 1.42. The van der Waals surface area contributed by atoms with Crippen molar-refractivity contribution < 1.29 is 18.9 Å². The number of hydrogen-bond donors (Lipinski definition) is 0. The van der Waals surface area contributed by atoms with Crippen molar-refractivity contribution in [2.24, 2.45) is 0 Å². The SMILES string of the molecule is COc1ccc(CCOc2nc(N3CCOCC3)c3cc(-c4cc[c]c(C)c4)ccc3n2)cc1OC. The van der Waals surface area contributed by atoms with Gasteiger partial charge in [0.05, 0.1) is 39.6 Å². The average Bonchev–Trinajstić information content (AvgIpc) is 2.92. The lowest BCUT2D eigenvalue weighted by molar-refractivity contribution is 0.122. The summed E-state index contributed by atoms with van der Waals surface area (Å²) in [6.07, 6.45) is 0.692. The molecule has 36 heavy (non-hydrogen) atoms. The molecular weight excluding hydrogens is 454 g/mol. The fraction of sp³-hybridized carbons (Fsp3) is 0.310. The molecule has 0 unspecified atom stereocenters. The van der Waals surface area contributed by atoms with E-state index in [0.29, 0.717) is 43.8 Å². The third kappa shape index (κ3) is 5.21. The van der Waals surface area contributed by atoms with E-state index in [1.165, 1.54) is 0 Å². The van der Waals surface area contributed by atoms with E-state index >= 15 is 0 Å². The zero-order valence-corrected chi connectivity index (χ0v) is 20.9. The predicted molar refractivity (Wildman–Crippen MR) is 140 cm³/mol. The second-order valence-electron chi connectivity index (χ2n) is 8.71. The van der Waals surface area contributed by atoms with E-state index in [-0.39, 0.29) is 0 Å². The number of rotatable bonds is 8. The molecule has 5 rings (SSSR count). The number of morpholine rings is 1. The van der Waals surface area contributed by atoms with E-state index < -0.39 is 0 Å². The Labute approximate surface area is 211 Å². The average molecular weight is 485 g/mol. The van der Waals surface area contributed by atoms with Crippen LogP contribution in [0.2, 0.25) is 0 Å². The van der Waals surface area contributed by atoms with E-state index in [1.54, 1.807) is 14.2 Å². The van der Waals surface area contributed by atoms with Crippen molar-refractivity contribution >= 4 is 16.7 Å². The maximum atomic E-state index is 6.05. The molecule has 0 saturated carbocycles. The monoisotopic (exact) mass is 484 g/mol. The summed E-state index contributed by atoms with van der Waals surface area (Å²) in [5.74, 6) is 2.29. The Morgan fingerprint density at radius 3 is 2.50 bits per heavy atom. The summed E-state index contributed by atoms with van der Waals surface area (Å²) in [6.45, 7) is 5.41. The van der Waals surface area contributed by atoms with E-state index in [9.17, 15) is 0 Å². The fourth-order valence-corrected chi connectivity index (χ4v) is 4.41. The predicted octanol–water partition coefficient (Wildman–Crippen LogP) is 4.88. The molecule has 1 aliphatic rings. The van der Waals surface area contributed by atoms with E-state index in [0.717, 1.165) is 52.1 Å². The number of hydrogen-bond acceptors (Lipinski definition) is 7. The number of nitrogens with zero attached hydrogens (tertiary/aromatic N) is 3. The van der Waals surface area contributed by atoms with Crippen molar-refractivity contribution in [2.45, 2.75) is 13.3 Å². The molecule has 1 fully saturated rings. The van der Waals surface area contributed by atoms with Crippen LogP contribution in [-0.4, -0.2) is 57.1 Å². The van der Waals surface area contributed by atoms with Gasteiger partial charge in [0, 0.05) is 24.9 Å². The first-order chi connectivity index (χ1) is 17.6. The van der Waals surface area contributed by atoms with Crippen LogP contribution in [0, 0.1) is 13.0 Å². The number of anilines is 1. The van der Waals surface area contributed by atoms with Crippen LogP contribution >= 0.6 is 0 Å². The highest BCUT2D eigenvalue weighted by molar-refractivity contribution is 5.93. The quantitative estimate of drug-likeness (QED) is 0.353. The molecule has 0 N–H and O–H groups in total. The van der Waals surface area contributed by atoms with Gasteiger partial charge in [0.1, 0.15) is 5.82 Å². The fourth-order valence-electron chi connectivity index (χ4n) is 4.41. The van der Waals surface area contributed by atoms with Crippen molar-refractivity contribution in [3.05, 3.63) is 71.8 Å². The van der Waals surface area contributed by atoms with Crippen LogP contribution in [0.15, 0.2) is 54.6 Å². The van der Waals surface area contributed by atoms with E-state index in [1.807, 2.05) is 30.3 Å². The van der Waals surface area contributed by atoms with Crippen molar-refractivity contribution in [1.29, 1.82) is 0 Å². The summed E-state index contributed by atoms with van der Waals surface area (Å²) < 4.78 is 22.4. The number of aromatic nitrogens is 2. The van der Waals surface area contributed by atoms with Gasteiger partial charge in [-0.3, -0.25) is 0 Å². The molecule has 4 aromatic rings. The molecule has 0 bridgehead atoms. The van der Waals surface area contributed by atoms with Gasteiger partial charge in [-0.15, -0.1) is 0 Å². The smallest absolute Gasteiger partial charge is 0.318 e. The highest BCUT2D eigenvalue weighted by atomic mass is 16.5. The second kappa shape index (κ2) is 10.8. The van der Waals surface area contributed by atoms with Crippen LogP contribution < -0.4 is 19.1 Å². The minimum absolute atomic E-state index is 0.377. The molecule has 7 heteroatoms. The van der Waals surface area contributed by atoms with Gasteiger partial charge < -0.3 is 23.8 Å². The molecule has 7 nitrogen and oxygen atoms in total. The van der Waals surface area contributed by atoms with Gasteiger partial charge in [0.15, 0.2) is 11.5 Å². The lowest BCUT2D eigenvalue weighted by Gasteiger charge is -2.29. The number of aryl methyl sites for hydroxylation is 1. The summed E-state index contributed by atoms with van der Waals surface area (Å²) in [4.78, 5) is 11.8. The van der Waals surface area contributed by atoms with Gasteiger partial charge >= 0.3 is 6.01 Å². The summed E-state index contributed by atoms with van der Waals surface area (Å²) in [5, 5.41) is 1.01. The minimum Gasteiger partial charge on any atom is -0.493 e. The maximum Gasteiger partial charge on any atom is 0.318 e. The third-order valence-corrected chi connectivity index (χ3v) is 6.31. The molecule has 3 aromatic carbocycles. The van der Waals surface area contributed by atoms with Crippen LogP contribution in [0.5, 0.6) is 17.5 Å². The van der Waals surface area contributed by atoms with Crippen LogP contribution in [0.25, 0.3) is 22.0 Å². The van der Waals surface area contributed by atoms with E-state index in [2.05, 4.69) is 42.2 Å². The first-order valence-electron chi connectivity index (χ1n) is 12.1. The van der Waals surface area contributed by atoms with Gasteiger partial charge in [0.25, 0.3) is 0 Å². The molecule has 1 aliphatic heterocycles. The third-order valence-electron chi connectivity index (χ3n) is 6.31. The number of methoxy groups -OCH3 is 2. The maximum absolute atomic E-state index is 6.05. The molecule has 1 saturated heterocycles. The Bertz CT molecular complexity index is 1350. The zero-order valence-electron chi connectivity index (χ0n) is 20.9. The highest BCUT2D eigenvalue weighted by Gasteiger charge is 2.19. The summed E-state index contributed by atoms with van der Waals surface area (Å²) in [7, 11) is 3.27. The molecule has 0 amide bonds. The molecule has 0 spiro atoms. The second-order valence-corrected chi connectivity index (χ2v) is 8.71. The number of fused-ring (bicyclic) bond motifs is 1. The van der Waals surface area contributed by atoms with Crippen molar-refractivity contribution in [3.63, 3.8) is 0 Å². The lowest BCUT2D eigenvalue weighted by atomic mass is 10.0. The number of benzene rings is 3. The topological polar surface area (TPSA) is 65.9 Å². The highest BCUT2D eigenvalue weighted by Crippen LogP contribution is 2.32. The molecule has 0 aliphatic carbocycles. The van der Waals surface area contributed by atoms with Crippen molar-refractivity contribution in [2.75, 3.05) is 52.0 Å². The first kappa shape index (κ1) is 23.9. The first-order valence-corrected chi connectivity index (χ1v) is 12.1. The largest absolute Gasteiger partial charge is 0.493 e. The zero-order chi connectivity index (χ0) is 24.9. The van der Waals surface area contributed by atoms with Crippen LogP contribution in [0.4, 0.5) is 5.82 Å². The normalized spacial score (nSPS) is 13.6. The van der Waals surface area contributed by atoms with Crippen LogP contribution in [-0.2, 0) is 11.2 Å². The summed E-state index contributed by atoms with van der Waals surface area (Å²) in [6, 6.07) is 22.0. The van der Waals surface area contributed by atoms with Crippen LogP contribution in [0.3, 0.4) is 0 Å². The van der Waals surface area contributed by atoms with Gasteiger partial charge in [-0.1, -0.05) is 30.3 Å². The molecule has 1 radical (unpaired) electrons. The Hall–Kier alpha value is -3.84. The molecule has 0 atom stereocenters. The lowest BCUT2D eigenvalue weighted by Crippen LogP contribution is -2.37. The van der Waals surface area contributed by atoms with Crippen molar-refractivity contribution in [1.82, 2.24) is 9.97 Å². The van der Waals surface area contributed by atoms with Gasteiger partial charge in [-0.05, 0) is 59.5 Å². The standard InChI is InChI=1S/C29H30N3O4/c1-20-5-4-6-22(17-20)23-8-9-25-24(19-23)28(32-12-15-35-16-13-32)31-29(30-25)36-14-11-21-7-10-26(33-2)27(18-21)34-3/h4,6-10,17-19H,11-16H2,1-3H3. The summed E-state index contributed by atoms with van der Waals surface area (Å²) >= 11 is 0. The molecule has 1 aromatic heterocycles. The van der Waals surface area contributed by atoms with Gasteiger partial charge in [-0.2, -0.15) is 9.97 Å². The molecule has 2 heterocycles. The van der Waals surface area contributed by atoms with E-state index in [4.69, 9.17) is 28.9 Å². The summed E-state index contributed by atoms with van der Waals surface area (Å²) in [5.41, 5.74) is 5.32. The Morgan fingerprint density at radius 1 is 0.917 bits per heavy atom. The molecule has 185 valence electrons. The van der Waals surface area contributed by atoms with Crippen LogP contribution in [0.1, 0.15) is 11.1 Å². The molecular formula is C29H30N3O4. The van der Waals surface area contributed by atoms with Crippen molar-refractivity contribution in [3.8, 4) is 28.6 Å².